The van der Waals surface area contributed by atoms with Crippen molar-refractivity contribution in [3.05, 3.63) is 11.9 Å². The first-order valence-electron chi connectivity index (χ1n) is 3.78. The van der Waals surface area contributed by atoms with Crippen LogP contribution >= 0.6 is 0 Å². The minimum Gasteiger partial charge on any atom is -0.280 e. The molecule has 1 aromatic heterocycles. The highest BCUT2D eigenvalue weighted by atomic mass is 32.2. The molecule has 8 heteroatoms. The molecule has 0 unspecified atom stereocenters. The van der Waals surface area contributed by atoms with Crippen LogP contribution in [0.4, 0.5) is 14.5 Å². The van der Waals surface area contributed by atoms with Crippen molar-refractivity contribution in [2.24, 2.45) is 0 Å². The summed E-state index contributed by atoms with van der Waals surface area (Å²) >= 11 is 0. The Hall–Kier alpha value is -1.18. The lowest BCUT2D eigenvalue weighted by atomic mass is 10.4. The first-order chi connectivity index (χ1) is 6.46. The normalized spacial score (nSPS) is 12.0. The Kier molecular flexibility index (Phi) is 3.04. The molecule has 0 saturated carbocycles. The molecule has 2 N–H and O–H groups in total. The molecular weight excluding hydrogens is 216 g/mol. The molecule has 0 fully saturated rings. The van der Waals surface area contributed by atoms with Gasteiger partial charge in [0.15, 0.2) is 0 Å². The number of rotatable bonds is 4. The highest BCUT2D eigenvalue weighted by molar-refractivity contribution is 7.92. The van der Waals surface area contributed by atoms with Crippen molar-refractivity contribution in [3.63, 3.8) is 0 Å². The molecule has 0 radical (unpaired) electrons. The van der Waals surface area contributed by atoms with E-state index in [0.29, 0.717) is 0 Å². The van der Waals surface area contributed by atoms with Crippen molar-refractivity contribution in [1.29, 1.82) is 0 Å². The van der Waals surface area contributed by atoms with Gasteiger partial charge in [-0.15, -0.1) is 0 Å². The molecule has 0 saturated heterocycles. The second kappa shape index (κ2) is 3.91. The van der Waals surface area contributed by atoms with Gasteiger partial charge in [-0.25, -0.2) is 17.2 Å². The minimum absolute atomic E-state index is 0.180. The predicted octanol–water partition coefficient (Wildman–Crippen LogP) is 1.11. The predicted molar refractivity (Wildman–Crippen MR) is 46.6 cm³/mol. The first-order valence-corrected chi connectivity index (χ1v) is 5.43. The van der Waals surface area contributed by atoms with Gasteiger partial charge >= 0.3 is 0 Å². The fourth-order valence-electron chi connectivity index (χ4n) is 0.784. The van der Waals surface area contributed by atoms with Crippen LogP contribution in [-0.2, 0) is 10.0 Å². The molecule has 80 valence electrons. The number of nitrogens with zero attached hydrogens (tertiary/aromatic N) is 1. The van der Waals surface area contributed by atoms with E-state index in [-0.39, 0.29) is 11.4 Å². The van der Waals surface area contributed by atoms with E-state index in [0.717, 1.165) is 6.20 Å². The molecule has 1 rings (SSSR count). The number of aromatic amines is 1. The largest absolute Gasteiger partial charge is 0.281 e. The van der Waals surface area contributed by atoms with Crippen LogP contribution in [0.5, 0.6) is 0 Å². The Balaban J connectivity index is 2.93. The van der Waals surface area contributed by atoms with Gasteiger partial charge < -0.3 is 0 Å². The van der Waals surface area contributed by atoms with Crippen molar-refractivity contribution in [1.82, 2.24) is 10.2 Å². The second-order valence-electron chi connectivity index (χ2n) is 2.50. The molecule has 0 spiro atoms. The Morgan fingerprint density at radius 1 is 1.64 bits per heavy atom. The van der Waals surface area contributed by atoms with Gasteiger partial charge in [0.25, 0.3) is 6.43 Å². The summed E-state index contributed by atoms with van der Waals surface area (Å²) in [6.07, 6.45) is -1.78. The monoisotopic (exact) mass is 225 g/mol. The van der Waals surface area contributed by atoms with Crippen molar-refractivity contribution in [2.45, 2.75) is 13.3 Å². The lowest BCUT2D eigenvalue weighted by Gasteiger charge is -2.04. The number of sulfonamides is 1. The lowest BCUT2D eigenvalue weighted by Crippen LogP contribution is -2.15. The van der Waals surface area contributed by atoms with E-state index in [1.165, 1.54) is 6.92 Å². The van der Waals surface area contributed by atoms with Gasteiger partial charge in [0.05, 0.1) is 17.6 Å². The fraction of sp³-hybridized carbons (Fsp3) is 0.500. The molecule has 0 atom stereocenters. The molecule has 1 heterocycles. The van der Waals surface area contributed by atoms with E-state index in [4.69, 9.17) is 0 Å². The molecular formula is C6H9F2N3O2S. The summed E-state index contributed by atoms with van der Waals surface area (Å²) in [5, 5.41) is 5.35. The lowest BCUT2D eigenvalue weighted by molar-refractivity contribution is 0.147. The molecule has 5 nitrogen and oxygen atoms in total. The summed E-state index contributed by atoms with van der Waals surface area (Å²) in [4.78, 5) is 0. The molecule has 14 heavy (non-hydrogen) atoms. The summed E-state index contributed by atoms with van der Waals surface area (Å²) in [5.41, 5.74) is -0.733. The zero-order chi connectivity index (χ0) is 10.8. The van der Waals surface area contributed by atoms with Crippen LogP contribution in [0, 0.1) is 0 Å². The highest BCUT2D eigenvalue weighted by Gasteiger charge is 2.18. The summed E-state index contributed by atoms with van der Waals surface area (Å²) in [5.74, 6) is -0.180. The third kappa shape index (κ3) is 2.41. The zero-order valence-electron chi connectivity index (χ0n) is 7.29. The quantitative estimate of drug-likeness (QED) is 0.806. The Bertz CT molecular complexity index is 401. The second-order valence-corrected chi connectivity index (χ2v) is 4.51. The van der Waals surface area contributed by atoms with E-state index in [1.807, 2.05) is 9.82 Å². The summed E-state index contributed by atoms with van der Waals surface area (Å²) in [6, 6.07) is 0. The molecule has 0 bridgehead atoms. The molecule has 1 aromatic rings. The van der Waals surface area contributed by atoms with Gasteiger partial charge in [-0.3, -0.25) is 9.82 Å². The highest BCUT2D eigenvalue weighted by Crippen LogP contribution is 2.24. The number of anilines is 1. The van der Waals surface area contributed by atoms with Gasteiger partial charge in [0, 0.05) is 0 Å². The summed E-state index contributed by atoms with van der Waals surface area (Å²) in [7, 11) is -3.54. The van der Waals surface area contributed by atoms with Crippen molar-refractivity contribution >= 4 is 15.7 Å². The van der Waals surface area contributed by atoms with Crippen molar-refractivity contribution < 1.29 is 17.2 Å². The maximum absolute atomic E-state index is 12.2. The zero-order valence-corrected chi connectivity index (χ0v) is 8.11. The summed E-state index contributed by atoms with van der Waals surface area (Å²) in [6.45, 7) is 1.41. The molecule has 0 aliphatic heterocycles. The first kappa shape index (κ1) is 10.9. The van der Waals surface area contributed by atoms with Gasteiger partial charge in [-0.1, -0.05) is 0 Å². The SMILES string of the molecule is CCS(=O)(=O)Nc1cn[nH]c1C(F)F. The number of alkyl halides is 2. The third-order valence-corrected chi connectivity index (χ3v) is 2.82. The van der Waals surface area contributed by atoms with E-state index in [2.05, 4.69) is 5.10 Å². The molecule has 0 amide bonds. The molecule has 0 aliphatic rings. The van der Waals surface area contributed by atoms with Crippen LogP contribution in [0.3, 0.4) is 0 Å². The van der Waals surface area contributed by atoms with Crippen molar-refractivity contribution in [2.75, 3.05) is 10.5 Å². The Labute approximate surface area is 79.6 Å². The number of halogens is 2. The number of H-pyrrole nitrogens is 1. The van der Waals surface area contributed by atoms with Gasteiger partial charge in [-0.2, -0.15) is 5.10 Å². The van der Waals surface area contributed by atoms with E-state index < -0.39 is 22.1 Å². The van der Waals surface area contributed by atoms with Crippen LogP contribution in [-0.4, -0.2) is 24.4 Å². The van der Waals surface area contributed by atoms with Crippen molar-refractivity contribution in [3.8, 4) is 0 Å². The molecule has 0 aliphatic carbocycles. The van der Waals surface area contributed by atoms with E-state index in [1.54, 1.807) is 0 Å². The van der Waals surface area contributed by atoms with Gasteiger partial charge in [0.2, 0.25) is 10.0 Å². The Morgan fingerprint density at radius 3 is 2.79 bits per heavy atom. The Morgan fingerprint density at radius 2 is 2.29 bits per heavy atom. The van der Waals surface area contributed by atoms with Gasteiger partial charge in [-0.05, 0) is 6.92 Å². The number of hydrogen-bond donors (Lipinski definition) is 2. The average molecular weight is 225 g/mol. The van der Waals surface area contributed by atoms with Gasteiger partial charge in [0.1, 0.15) is 5.69 Å². The maximum Gasteiger partial charge on any atom is 0.281 e. The van der Waals surface area contributed by atoms with Crippen LogP contribution in [0.25, 0.3) is 0 Å². The average Bonchev–Trinajstić information content (AvgIpc) is 2.51. The minimum atomic E-state index is -3.54. The topological polar surface area (TPSA) is 74.8 Å². The third-order valence-electron chi connectivity index (χ3n) is 1.53. The molecule has 0 aromatic carbocycles. The fourth-order valence-corrected chi connectivity index (χ4v) is 1.43. The van der Waals surface area contributed by atoms with Crippen LogP contribution in [0.2, 0.25) is 0 Å². The number of nitrogens with one attached hydrogen (secondary N) is 2. The van der Waals surface area contributed by atoms with Crippen LogP contribution in [0.15, 0.2) is 6.20 Å². The van der Waals surface area contributed by atoms with E-state index in [9.17, 15) is 17.2 Å². The van der Waals surface area contributed by atoms with E-state index >= 15 is 0 Å². The van der Waals surface area contributed by atoms with Crippen LogP contribution < -0.4 is 4.72 Å². The smallest absolute Gasteiger partial charge is 0.280 e. The summed E-state index contributed by atoms with van der Waals surface area (Å²) < 4.78 is 48.6. The standard InChI is InChI=1S/C6H9F2N3O2S/c1-2-14(12,13)11-4-3-9-10-5(4)6(7)8/h3,6,11H,2H2,1H3,(H,9,10). The number of aromatic nitrogens is 2. The maximum atomic E-state index is 12.2. The number of hydrogen-bond acceptors (Lipinski definition) is 3. The van der Waals surface area contributed by atoms with Crippen LogP contribution in [0.1, 0.15) is 19.0 Å².